The quantitative estimate of drug-likeness (QED) is 0.326. The Morgan fingerprint density at radius 3 is 2.10 bits per heavy atom. The Bertz CT molecular complexity index is 1060. The number of carboxylic acid groups (broad SMARTS) is 1. The molecule has 0 fully saturated rings. The number of hydrogen-bond donors (Lipinski definition) is 2. The number of aliphatic carboxylic acids is 1. The lowest BCUT2D eigenvalue weighted by atomic mass is 10.1. The fourth-order valence-corrected chi connectivity index (χ4v) is 2.98. The predicted octanol–water partition coefficient (Wildman–Crippen LogP) is 4.59. The molecule has 0 aliphatic rings. The third-order valence-electron chi connectivity index (χ3n) is 4.49. The number of nitrogens with zero attached hydrogens (tertiary/aromatic N) is 1. The van der Waals surface area contributed by atoms with Gasteiger partial charge in [-0.25, -0.2) is 9.18 Å². The number of aliphatic hydroxyl groups excluding tert-OH is 1. The third-order valence-corrected chi connectivity index (χ3v) is 4.49. The number of hydrogen-bond acceptors (Lipinski definition) is 4. The maximum atomic E-state index is 13.3. The van der Waals surface area contributed by atoms with Gasteiger partial charge >= 0.3 is 5.97 Å². The molecule has 0 spiro atoms. The van der Waals surface area contributed by atoms with Gasteiger partial charge in [-0.1, -0.05) is 54.6 Å². The van der Waals surface area contributed by atoms with E-state index in [9.17, 15) is 19.1 Å². The summed E-state index contributed by atoms with van der Waals surface area (Å²) in [6, 6.07) is 22.8. The Balaban J connectivity index is 1.93. The molecule has 0 unspecified atom stereocenters. The van der Waals surface area contributed by atoms with E-state index < -0.39 is 17.5 Å². The van der Waals surface area contributed by atoms with Gasteiger partial charge in [0.05, 0.1) is 0 Å². The second kappa shape index (κ2) is 9.52. The molecule has 3 rings (SSSR count). The van der Waals surface area contributed by atoms with Gasteiger partial charge in [0.15, 0.2) is 0 Å². The van der Waals surface area contributed by atoms with Crippen molar-refractivity contribution in [1.82, 2.24) is 0 Å². The van der Waals surface area contributed by atoms with Crippen molar-refractivity contribution in [2.75, 3.05) is 4.90 Å². The van der Waals surface area contributed by atoms with Crippen molar-refractivity contribution in [3.63, 3.8) is 0 Å². The van der Waals surface area contributed by atoms with Crippen molar-refractivity contribution in [3.8, 4) is 0 Å². The molecule has 0 saturated heterocycles. The molecule has 0 atom stereocenters. The van der Waals surface area contributed by atoms with Gasteiger partial charge in [0.1, 0.15) is 11.6 Å². The highest BCUT2D eigenvalue weighted by Gasteiger charge is 2.13. The summed E-state index contributed by atoms with van der Waals surface area (Å²) in [4.78, 5) is 24.1. The van der Waals surface area contributed by atoms with Crippen molar-refractivity contribution in [3.05, 3.63) is 107 Å². The first-order chi connectivity index (χ1) is 14.4. The lowest BCUT2D eigenvalue weighted by Gasteiger charge is -2.26. The number of benzene rings is 3. The van der Waals surface area contributed by atoms with Crippen LogP contribution in [-0.2, 0) is 22.7 Å². The highest BCUT2D eigenvalue weighted by molar-refractivity contribution is 6.38. The number of ketones is 1. The second-order valence-corrected chi connectivity index (χ2v) is 6.72. The summed E-state index contributed by atoms with van der Waals surface area (Å²) >= 11 is 0. The van der Waals surface area contributed by atoms with Gasteiger partial charge in [-0.15, -0.1) is 0 Å². The molecule has 6 heteroatoms. The molecule has 0 amide bonds. The SMILES string of the molecule is O=C(O)C(=O)/C=C(\O)c1cccc(N(Cc2ccccc2)Cc2ccc(F)cc2)c1. The summed E-state index contributed by atoms with van der Waals surface area (Å²) in [6.07, 6.45) is 0.683. The fraction of sp³-hybridized carbons (Fsp3) is 0.0833. The summed E-state index contributed by atoms with van der Waals surface area (Å²) in [5.41, 5.74) is 3.03. The van der Waals surface area contributed by atoms with Gasteiger partial charge in [0.25, 0.3) is 5.78 Å². The van der Waals surface area contributed by atoms with E-state index >= 15 is 0 Å². The predicted molar refractivity (Wildman–Crippen MR) is 112 cm³/mol. The van der Waals surface area contributed by atoms with Gasteiger partial charge in [-0.05, 0) is 35.4 Å². The molecule has 0 saturated carbocycles. The zero-order valence-electron chi connectivity index (χ0n) is 16.0. The molecule has 3 aromatic carbocycles. The van der Waals surface area contributed by atoms with Crippen LogP contribution in [-0.4, -0.2) is 22.0 Å². The molecule has 0 radical (unpaired) electrons. The Morgan fingerprint density at radius 2 is 1.47 bits per heavy atom. The molecular formula is C24H20FNO4. The summed E-state index contributed by atoms with van der Waals surface area (Å²) in [7, 11) is 0. The van der Waals surface area contributed by atoms with Gasteiger partial charge in [-0.3, -0.25) is 4.79 Å². The standard InChI is InChI=1S/C24H20FNO4/c25-20-11-9-18(10-12-20)16-26(15-17-5-2-1-3-6-17)21-8-4-7-19(13-21)22(27)14-23(28)24(29)30/h1-14,27H,15-16H2,(H,29,30)/b22-14-. The Labute approximate surface area is 173 Å². The molecule has 0 aliphatic carbocycles. The van der Waals surface area contributed by atoms with Crippen LogP contribution in [0.5, 0.6) is 0 Å². The van der Waals surface area contributed by atoms with E-state index in [1.165, 1.54) is 12.1 Å². The zero-order valence-corrected chi connectivity index (χ0v) is 16.0. The topological polar surface area (TPSA) is 77.8 Å². The zero-order chi connectivity index (χ0) is 21.5. The summed E-state index contributed by atoms with van der Waals surface area (Å²) in [6.45, 7) is 1.04. The maximum absolute atomic E-state index is 13.3. The van der Waals surface area contributed by atoms with Gasteiger partial charge in [0.2, 0.25) is 0 Å². The summed E-state index contributed by atoms with van der Waals surface area (Å²) in [5, 5.41) is 18.9. The number of rotatable bonds is 8. The van der Waals surface area contributed by atoms with Crippen molar-refractivity contribution in [2.24, 2.45) is 0 Å². The molecular weight excluding hydrogens is 385 g/mol. The smallest absolute Gasteiger partial charge is 0.376 e. The number of carbonyl (C=O) groups is 2. The first-order valence-corrected chi connectivity index (χ1v) is 9.24. The molecule has 3 aromatic rings. The molecule has 0 aliphatic heterocycles. The van der Waals surface area contributed by atoms with Crippen LogP contribution in [0.25, 0.3) is 5.76 Å². The molecule has 0 bridgehead atoms. The molecule has 2 N–H and O–H groups in total. The van der Waals surface area contributed by atoms with Crippen LogP contribution in [0.3, 0.4) is 0 Å². The van der Waals surface area contributed by atoms with Crippen molar-refractivity contribution < 1.29 is 24.2 Å². The molecule has 0 heterocycles. The van der Waals surface area contributed by atoms with E-state index in [-0.39, 0.29) is 5.82 Å². The number of anilines is 1. The Kier molecular flexibility index (Phi) is 6.60. The van der Waals surface area contributed by atoms with Crippen LogP contribution in [0, 0.1) is 5.82 Å². The lowest BCUT2D eigenvalue weighted by molar-refractivity contribution is -0.146. The normalized spacial score (nSPS) is 11.2. The van der Waals surface area contributed by atoms with E-state index in [2.05, 4.69) is 0 Å². The minimum Gasteiger partial charge on any atom is -0.507 e. The van der Waals surface area contributed by atoms with Crippen LogP contribution < -0.4 is 4.90 Å². The van der Waals surface area contributed by atoms with E-state index in [1.54, 1.807) is 30.3 Å². The number of aliphatic hydroxyl groups is 1. The first-order valence-electron chi connectivity index (χ1n) is 9.24. The number of halogens is 1. The minimum absolute atomic E-state index is 0.312. The minimum atomic E-state index is -1.64. The second-order valence-electron chi connectivity index (χ2n) is 6.72. The van der Waals surface area contributed by atoms with Crippen LogP contribution in [0.4, 0.5) is 10.1 Å². The van der Waals surface area contributed by atoms with E-state index in [1.807, 2.05) is 41.3 Å². The van der Waals surface area contributed by atoms with Crippen LogP contribution in [0.1, 0.15) is 16.7 Å². The van der Waals surface area contributed by atoms with Gasteiger partial charge in [-0.2, -0.15) is 0 Å². The third kappa shape index (κ3) is 5.54. The molecule has 5 nitrogen and oxygen atoms in total. The van der Waals surface area contributed by atoms with Gasteiger partial charge in [0, 0.05) is 30.4 Å². The average molecular weight is 405 g/mol. The molecule has 152 valence electrons. The highest BCUT2D eigenvalue weighted by atomic mass is 19.1. The monoisotopic (exact) mass is 405 g/mol. The van der Waals surface area contributed by atoms with Crippen LogP contribution in [0.15, 0.2) is 84.9 Å². The number of carbonyl (C=O) groups excluding carboxylic acids is 1. The lowest BCUT2D eigenvalue weighted by Crippen LogP contribution is -2.22. The first kappa shape index (κ1) is 20.8. The molecule has 30 heavy (non-hydrogen) atoms. The van der Waals surface area contributed by atoms with Crippen molar-refractivity contribution in [1.29, 1.82) is 0 Å². The van der Waals surface area contributed by atoms with Crippen molar-refractivity contribution in [2.45, 2.75) is 13.1 Å². The van der Waals surface area contributed by atoms with Gasteiger partial charge < -0.3 is 15.1 Å². The molecule has 0 aromatic heterocycles. The summed E-state index contributed by atoms with van der Waals surface area (Å²) < 4.78 is 13.3. The fourth-order valence-electron chi connectivity index (χ4n) is 2.98. The number of carboxylic acids is 1. The highest BCUT2D eigenvalue weighted by Crippen LogP contribution is 2.24. The van der Waals surface area contributed by atoms with Crippen LogP contribution in [0.2, 0.25) is 0 Å². The van der Waals surface area contributed by atoms with Crippen LogP contribution >= 0.6 is 0 Å². The average Bonchev–Trinajstić information content (AvgIpc) is 2.75. The summed E-state index contributed by atoms with van der Waals surface area (Å²) in [5.74, 6) is -3.58. The Hall–Kier alpha value is -3.93. The van der Waals surface area contributed by atoms with E-state index in [0.29, 0.717) is 24.7 Å². The Morgan fingerprint density at radius 1 is 0.833 bits per heavy atom. The van der Waals surface area contributed by atoms with E-state index in [0.717, 1.165) is 16.8 Å². The van der Waals surface area contributed by atoms with E-state index in [4.69, 9.17) is 5.11 Å². The maximum Gasteiger partial charge on any atom is 0.376 e. The largest absolute Gasteiger partial charge is 0.507 e. The van der Waals surface area contributed by atoms with Crippen molar-refractivity contribution >= 4 is 23.2 Å².